The van der Waals surface area contributed by atoms with Gasteiger partial charge in [-0.3, -0.25) is 4.79 Å². The molecule has 7 heteroatoms. The lowest BCUT2D eigenvalue weighted by molar-refractivity contribution is 0.0915. The zero-order valence-corrected chi connectivity index (χ0v) is 11.3. The van der Waals surface area contributed by atoms with Crippen molar-refractivity contribution in [2.45, 2.75) is 26.3 Å². The monoisotopic (exact) mass is 255 g/mol. The van der Waals surface area contributed by atoms with Gasteiger partial charge in [0.1, 0.15) is 0 Å². The first-order chi connectivity index (χ1) is 8.40. The van der Waals surface area contributed by atoms with Crippen LogP contribution in [0.3, 0.4) is 0 Å². The van der Waals surface area contributed by atoms with Crippen molar-refractivity contribution < 1.29 is 9.42 Å². The molecule has 1 aromatic rings. The maximum Gasteiger partial charge on any atom is 0.277 e. The molecule has 1 heterocycles. The molecule has 102 valence electrons. The van der Waals surface area contributed by atoms with Gasteiger partial charge in [-0.25, -0.2) is 4.63 Å². The lowest BCUT2D eigenvalue weighted by Gasteiger charge is -2.23. The minimum absolute atomic E-state index is 0.0145. The second-order valence-corrected chi connectivity index (χ2v) is 5.06. The van der Waals surface area contributed by atoms with Crippen molar-refractivity contribution in [2.24, 2.45) is 5.92 Å². The number of anilines is 1. The van der Waals surface area contributed by atoms with Crippen molar-refractivity contribution in [1.82, 2.24) is 20.5 Å². The van der Waals surface area contributed by atoms with E-state index < -0.39 is 0 Å². The Morgan fingerprint density at radius 1 is 1.44 bits per heavy atom. The van der Waals surface area contributed by atoms with Crippen molar-refractivity contribution >= 4 is 11.7 Å². The topological polar surface area (TPSA) is 97.3 Å². The van der Waals surface area contributed by atoms with Crippen molar-refractivity contribution in [1.29, 1.82) is 0 Å². The molecular weight excluding hydrogens is 234 g/mol. The summed E-state index contributed by atoms with van der Waals surface area (Å²) in [4.78, 5) is 14.0. The van der Waals surface area contributed by atoms with E-state index >= 15 is 0 Å². The van der Waals surface area contributed by atoms with Gasteiger partial charge in [-0.15, -0.1) is 0 Å². The molecule has 1 rings (SSSR count). The van der Waals surface area contributed by atoms with Crippen molar-refractivity contribution in [2.75, 3.05) is 26.4 Å². The van der Waals surface area contributed by atoms with Gasteiger partial charge in [0.05, 0.1) is 0 Å². The summed E-state index contributed by atoms with van der Waals surface area (Å²) in [5, 5.41) is 9.78. The summed E-state index contributed by atoms with van der Waals surface area (Å²) in [5.74, 6) is 0.157. The molecular formula is C11H21N5O2. The van der Waals surface area contributed by atoms with Crippen LogP contribution in [0.5, 0.6) is 0 Å². The number of rotatable bonds is 6. The molecule has 1 amide bonds. The summed E-state index contributed by atoms with van der Waals surface area (Å²) in [6.07, 6.45) is 0.884. The number of amides is 1. The van der Waals surface area contributed by atoms with E-state index in [0.717, 1.165) is 13.0 Å². The fourth-order valence-electron chi connectivity index (χ4n) is 1.80. The van der Waals surface area contributed by atoms with Gasteiger partial charge >= 0.3 is 0 Å². The van der Waals surface area contributed by atoms with Gasteiger partial charge in [0.2, 0.25) is 11.5 Å². The Balaban J connectivity index is 2.65. The maximum atomic E-state index is 11.9. The number of nitrogens with two attached hydrogens (primary N) is 1. The first-order valence-electron chi connectivity index (χ1n) is 5.93. The number of carbonyl (C=O) groups is 1. The standard InChI is InChI=1S/C11H21N5O2/c1-7(2)5-8(6-16(3)4)13-11(17)9-10(12)15-18-14-9/h7-8H,5-6H2,1-4H3,(H2,12,15)(H,13,17). The highest BCUT2D eigenvalue weighted by molar-refractivity contribution is 5.96. The Bertz CT molecular complexity index is 379. The molecule has 0 radical (unpaired) electrons. The summed E-state index contributed by atoms with van der Waals surface area (Å²) in [6.45, 7) is 4.98. The molecule has 1 unspecified atom stereocenters. The molecule has 3 N–H and O–H groups in total. The van der Waals surface area contributed by atoms with Gasteiger partial charge in [-0.1, -0.05) is 13.8 Å². The number of nitrogen functional groups attached to an aromatic ring is 1. The zero-order chi connectivity index (χ0) is 13.7. The van der Waals surface area contributed by atoms with Crippen LogP contribution in [0.1, 0.15) is 30.8 Å². The minimum Gasteiger partial charge on any atom is -0.379 e. The maximum absolute atomic E-state index is 11.9. The van der Waals surface area contributed by atoms with Gasteiger partial charge in [-0.2, -0.15) is 0 Å². The largest absolute Gasteiger partial charge is 0.379 e. The summed E-state index contributed by atoms with van der Waals surface area (Å²) in [5.41, 5.74) is 5.53. The van der Waals surface area contributed by atoms with Crippen LogP contribution in [0.2, 0.25) is 0 Å². The molecule has 7 nitrogen and oxygen atoms in total. The van der Waals surface area contributed by atoms with Crippen molar-refractivity contribution in [3.63, 3.8) is 0 Å². The highest BCUT2D eigenvalue weighted by atomic mass is 16.6. The van der Waals surface area contributed by atoms with Crippen LogP contribution in [0.4, 0.5) is 5.82 Å². The molecule has 0 bridgehead atoms. The normalized spacial score (nSPS) is 13.0. The molecule has 0 spiro atoms. The Hall–Kier alpha value is -1.63. The lowest BCUT2D eigenvalue weighted by atomic mass is 10.0. The second kappa shape index (κ2) is 6.34. The molecule has 0 aliphatic carbocycles. The van der Waals surface area contributed by atoms with E-state index in [2.05, 4.69) is 34.1 Å². The summed E-state index contributed by atoms with van der Waals surface area (Å²) in [6, 6.07) is 0.0450. The Morgan fingerprint density at radius 2 is 2.11 bits per heavy atom. The summed E-state index contributed by atoms with van der Waals surface area (Å²) >= 11 is 0. The third kappa shape index (κ3) is 4.33. The molecule has 0 aromatic carbocycles. The van der Waals surface area contributed by atoms with Crippen LogP contribution in [-0.4, -0.2) is 47.8 Å². The highest BCUT2D eigenvalue weighted by Gasteiger charge is 2.20. The van der Waals surface area contributed by atoms with Crippen molar-refractivity contribution in [3.05, 3.63) is 5.69 Å². The summed E-state index contributed by atoms with van der Waals surface area (Å²) in [7, 11) is 3.93. The zero-order valence-electron chi connectivity index (χ0n) is 11.3. The first kappa shape index (κ1) is 14.4. The molecule has 0 aliphatic heterocycles. The molecule has 1 atom stereocenters. The predicted molar refractivity (Wildman–Crippen MR) is 68.0 cm³/mol. The van der Waals surface area contributed by atoms with Crippen LogP contribution < -0.4 is 11.1 Å². The van der Waals surface area contributed by atoms with E-state index in [1.165, 1.54) is 0 Å². The fourth-order valence-corrected chi connectivity index (χ4v) is 1.80. The molecule has 0 saturated heterocycles. The van der Waals surface area contributed by atoms with Gasteiger partial charge < -0.3 is 16.0 Å². The molecule has 0 saturated carbocycles. The molecule has 18 heavy (non-hydrogen) atoms. The molecule has 0 aliphatic rings. The minimum atomic E-state index is -0.346. The van der Waals surface area contributed by atoms with Crippen LogP contribution in [0.15, 0.2) is 4.63 Å². The third-order valence-electron chi connectivity index (χ3n) is 2.41. The first-order valence-corrected chi connectivity index (χ1v) is 5.93. The number of nitrogens with zero attached hydrogens (tertiary/aromatic N) is 3. The number of aromatic nitrogens is 2. The van der Waals surface area contributed by atoms with E-state index in [-0.39, 0.29) is 23.5 Å². The quantitative estimate of drug-likeness (QED) is 0.761. The van der Waals surface area contributed by atoms with Gasteiger partial charge in [0.15, 0.2) is 0 Å². The van der Waals surface area contributed by atoms with Crippen LogP contribution >= 0.6 is 0 Å². The van der Waals surface area contributed by atoms with E-state index in [0.29, 0.717) is 5.92 Å². The number of nitrogens with one attached hydrogen (secondary N) is 1. The predicted octanol–water partition coefficient (Wildman–Crippen LogP) is 0.358. The lowest BCUT2D eigenvalue weighted by Crippen LogP contribution is -2.42. The fraction of sp³-hybridized carbons (Fsp3) is 0.727. The van der Waals surface area contributed by atoms with E-state index in [1.807, 2.05) is 19.0 Å². The average Bonchev–Trinajstić information content (AvgIpc) is 2.61. The Morgan fingerprint density at radius 3 is 2.56 bits per heavy atom. The van der Waals surface area contributed by atoms with E-state index in [4.69, 9.17) is 5.73 Å². The SMILES string of the molecule is CC(C)CC(CN(C)C)NC(=O)c1nonc1N. The second-order valence-electron chi connectivity index (χ2n) is 5.06. The highest BCUT2D eigenvalue weighted by Crippen LogP contribution is 2.08. The number of hydrogen-bond donors (Lipinski definition) is 2. The Kier molecular flexibility index (Phi) is 5.08. The number of carbonyl (C=O) groups excluding carboxylic acids is 1. The average molecular weight is 255 g/mol. The number of hydrogen-bond acceptors (Lipinski definition) is 6. The molecule has 0 fully saturated rings. The third-order valence-corrected chi connectivity index (χ3v) is 2.41. The van der Waals surface area contributed by atoms with E-state index in [9.17, 15) is 4.79 Å². The molecule has 1 aromatic heterocycles. The summed E-state index contributed by atoms with van der Waals surface area (Å²) < 4.78 is 4.41. The van der Waals surface area contributed by atoms with Crippen LogP contribution in [0, 0.1) is 5.92 Å². The van der Waals surface area contributed by atoms with Gasteiger partial charge in [0.25, 0.3) is 5.91 Å². The van der Waals surface area contributed by atoms with Gasteiger partial charge in [-0.05, 0) is 36.7 Å². The Labute approximate surface area is 107 Å². The van der Waals surface area contributed by atoms with Crippen molar-refractivity contribution in [3.8, 4) is 0 Å². The van der Waals surface area contributed by atoms with E-state index in [1.54, 1.807) is 0 Å². The number of likely N-dealkylation sites (N-methyl/N-ethyl adjacent to an activating group) is 1. The smallest absolute Gasteiger partial charge is 0.277 e. The van der Waals surface area contributed by atoms with Crippen LogP contribution in [-0.2, 0) is 0 Å². The van der Waals surface area contributed by atoms with Crippen LogP contribution in [0.25, 0.3) is 0 Å². The van der Waals surface area contributed by atoms with Gasteiger partial charge in [0, 0.05) is 12.6 Å².